The minimum Gasteiger partial charge on any atom is -0.341 e. The molecule has 19 heavy (non-hydrogen) atoms. The van der Waals surface area contributed by atoms with Crippen molar-refractivity contribution < 1.29 is 0 Å². The monoisotopic (exact) mass is 243 g/mol. The highest BCUT2D eigenvalue weighted by Crippen LogP contribution is 2.30. The van der Waals surface area contributed by atoms with E-state index in [1.165, 1.54) is 21.8 Å². The summed E-state index contributed by atoms with van der Waals surface area (Å²) >= 11 is 0. The SMILES string of the molecule is C#Cc1ccc2c(c1)c1cc(C#C)ccc1n2CC. The first-order chi connectivity index (χ1) is 9.28. The van der Waals surface area contributed by atoms with E-state index in [1.54, 1.807) is 0 Å². The van der Waals surface area contributed by atoms with Gasteiger partial charge in [0.25, 0.3) is 0 Å². The molecule has 0 spiro atoms. The number of hydrogen-bond acceptors (Lipinski definition) is 0. The number of aryl methyl sites for hydroxylation is 1. The highest BCUT2D eigenvalue weighted by atomic mass is 15.0. The van der Waals surface area contributed by atoms with Crippen LogP contribution in [0.1, 0.15) is 18.1 Å². The highest BCUT2D eigenvalue weighted by Gasteiger charge is 2.10. The number of terminal acetylenes is 2. The van der Waals surface area contributed by atoms with E-state index < -0.39 is 0 Å². The maximum atomic E-state index is 5.49. The van der Waals surface area contributed by atoms with Crippen LogP contribution in [0, 0.1) is 24.7 Å². The van der Waals surface area contributed by atoms with E-state index in [9.17, 15) is 0 Å². The third-order valence-electron chi connectivity index (χ3n) is 3.51. The lowest BCUT2D eigenvalue weighted by Crippen LogP contribution is -1.92. The zero-order valence-corrected chi connectivity index (χ0v) is 10.8. The lowest BCUT2D eigenvalue weighted by Gasteiger charge is -2.02. The Labute approximate surface area is 112 Å². The smallest absolute Gasteiger partial charge is 0.0492 e. The van der Waals surface area contributed by atoms with Crippen LogP contribution in [0.5, 0.6) is 0 Å². The maximum Gasteiger partial charge on any atom is 0.0492 e. The Morgan fingerprint density at radius 2 is 1.37 bits per heavy atom. The average molecular weight is 243 g/mol. The summed E-state index contributed by atoms with van der Waals surface area (Å²) in [5, 5.41) is 2.34. The van der Waals surface area contributed by atoms with E-state index in [4.69, 9.17) is 12.8 Å². The highest BCUT2D eigenvalue weighted by molar-refractivity contribution is 6.08. The van der Waals surface area contributed by atoms with E-state index >= 15 is 0 Å². The summed E-state index contributed by atoms with van der Waals surface area (Å²) in [6.07, 6.45) is 11.0. The zero-order valence-electron chi connectivity index (χ0n) is 10.8. The maximum absolute atomic E-state index is 5.49. The van der Waals surface area contributed by atoms with Gasteiger partial charge in [-0.1, -0.05) is 11.8 Å². The Morgan fingerprint density at radius 3 is 1.74 bits per heavy atom. The summed E-state index contributed by atoms with van der Waals surface area (Å²) in [5.74, 6) is 5.38. The molecule has 0 radical (unpaired) electrons. The summed E-state index contributed by atoms with van der Waals surface area (Å²) in [4.78, 5) is 0. The second kappa shape index (κ2) is 4.23. The molecule has 0 aliphatic rings. The molecule has 0 saturated heterocycles. The zero-order chi connectivity index (χ0) is 13.4. The molecule has 0 saturated carbocycles. The molecule has 1 aromatic heterocycles. The summed E-state index contributed by atoms with van der Waals surface area (Å²) in [6, 6.07) is 12.3. The second-order valence-corrected chi connectivity index (χ2v) is 4.50. The standard InChI is InChI=1S/C18H13N/c1-4-13-7-9-17-15(11-13)16-12-14(5-2)8-10-18(16)19(17)6-3/h1-2,7-12H,6H2,3H3. The predicted molar refractivity (Wildman–Crippen MR) is 81.0 cm³/mol. The van der Waals surface area contributed by atoms with Crippen LogP contribution >= 0.6 is 0 Å². The van der Waals surface area contributed by atoms with Gasteiger partial charge >= 0.3 is 0 Å². The molecule has 0 unspecified atom stereocenters. The van der Waals surface area contributed by atoms with Crippen LogP contribution in [0.2, 0.25) is 0 Å². The van der Waals surface area contributed by atoms with Crippen molar-refractivity contribution in [2.75, 3.05) is 0 Å². The van der Waals surface area contributed by atoms with Gasteiger partial charge in [-0.25, -0.2) is 0 Å². The Bertz CT molecular complexity index is 795. The van der Waals surface area contributed by atoms with Gasteiger partial charge in [0, 0.05) is 39.5 Å². The number of aromatic nitrogens is 1. The van der Waals surface area contributed by atoms with E-state index in [2.05, 4.69) is 47.6 Å². The molecule has 3 rings (SSSR count). The number of benzene rings is 2. The number of nitrogens with zero attached hydrogens (tertiary/aromatic N) is 1. The van der Waals surface area contributed by atoms with Crippen molar-refractivity contribution >= 4 is 21.8 Å². The molecule has 3 aromatic rings. The van der Waals surface area contributed by atoms with E-state index in [0.717, 1.165) is 17.7 Å². The summed E-state index contributed by atoms with van der Waals surface area (Å²) in [7, 11) is 0. The minimum atomic E-state index is 0.897. The predicted octanol–water partition coefficient (Wildman–Crippen LogP) is 3.78. The third-order valence-corrected chi connectivity index (χ3v) is 3.51. The van der Waals surface area contributed by atoms with Gasteiger partial charge in [0.2, 0.25) is 0 Å². The van der Waals surface area contributed by atoms with Crippen molar-refractivity contribution in [2.45, 2.75) is 13.5 Å². The van der Waals surface area contributed by atoms with Crippen LogP contribution in [0.3, 0.4) is 0 Å². The fourth-order valence-electron chi connectivity index (χ4n) is 2.62. The van der Waals surface area contributed by atoms with Gasteiger partial charge in [-0.15, -0.1) is 12.8 Å². The van der Waals surface area contributed by atoms with Crippen molar-refractivity contribution in [2.24, 2.45) is 0 Å². The van der Waals surface area contributed by atoms with Crippen molar-refractivity contribution in [3.8, 4) is 24.7 Å². The first-order valence-electron chi connectivity index (χ1n) is 6.27. The van der Waals surface area contributed by atoms with Crippen molar-refractivity contribution in [3.05, 3.63) is 47.5 Å². The van der Waals surface area contributed by atoms with Crippen LogP contribution in [0.4, 0.5) is 0 Å². The van der Waals surface area contributed by atoms with Crippen molar-refractivity contribution in [1.29, 1.82) is 0 Å². The minimum absolute atomic E-state index is 0.897. The van der Waals surface area contributed by atoms with Crippen LogP contribution < -0.4 is 0 Å². The lowest BCUT2D eigenvalue weighted by molar-refractivity contribution is 0.827. The molecule has 1 nitrogen and oxygen atoms in total. The molecule has 0 N–H and O–H groups in total. The first-order valence-corrected chi connectivity index (χ1v) is 6.27. The fraction of sp³-hybridized carbons (Fsp3) is 0.111. The largest absolute Gasteiger partial charge is 0.341 e. The number of hydrogen-bond donors (Lipinski definition) is 0. The van der Waals surface area contributed by atoms with E-state index in [0.29, 0.717) is 0 Å². The molecule has 0 aliphatic heterocycles. The summed E-state index contributed by atoms with van der Waals surface area (Å²) < 4.78 is 2.28. The molecular weight excluding hydrogens is 230 g/mol. The third kappa shape index (κ3) is 1.60. The van der Waals surface area contributed by atoms with Gasteiger partial charge in [0.05, 0.1) is 0 Å². The van der Waals surface area contributed by atoms with Crippen LogP contribution in [-0.4, -0.2) is 4.57 Å². The van der Waals surface area contributed by atoms with E-state index in [1.807, 2.05) is 12.1 Å². The van der Waals surface area contributed by atoms with E-state index in [-0.39, 0.29) is 0 Å². The lowest BCUT2D eigenvalue weighted by atomic mass is 10.1. The molecule has 0 aliphatic carbocycles. The first kappa shape index (κ1) is 11.5. The fourth-order valence-corrected chi connectivity index (χ4v) is 2.62. The average Bonchev–Trinajstić information content (AvgIpc) is 2.79. The molecule has 1 heterocycles. The summed E-state index contributed by atoms with van der Waals surface area (Å²) in [5.41, 5.74) is 4.19. The molecule has 0 amide bonds. The van der Waals surface area contributed by atoms with Gasteiger partial charge in [0.1, 0.15) is 0 Å². The van der Waals surface area contributed by atoms with Crippen molar-refractivity contribution in [3.63, 3.8) is 0 Å². The normalized spacial score (nSPS) is 10.5. The van der Waals surface area contributed by atoms with Gasteiger partial charge in [-0.2, -0.15) is 0 Å². The van der Waals surface area contributed by atoms with Crippen LogP contribution in [0.25, 0.3) is 21.8 Å². The Hall–Kier alpha value is -2.64. The van der Waals surface area contributed by atoms with Gasteiger partial charge in [-0.05, 0) is 43.3 Å². The van der Waals surface area contributed by atoms with Crippen molar-refractivity contribution in [1.82, 2.24) is 4.57 Å². The van der Waals surface area contributed by atoms with Gasteiger partial charge in [0.15, 0.2) is 0 Å². The number of fused-ring (bicyclic) bond motifs is 3. The van der Waals surface area contributed by atoms with Crippen LogP contribution in [0.15, 0.2) is 36.4 Å². The molecule has 0 atom stereocenters. The molecule has 2 aromatic carbocycles. The quantitative estimate of drug-likeness (QED) is 0.573. The molecule has 0 fully saturated rings. The second-order valence-electron chi connectivity index (χ2n) is 4.50. The van der Waals surface area contributed by atoms with Gasteiger partial charge in [-0.3, -0.25) is 0 Å². The Morgan fingerprint density at radius 1 is 0.895 bits per heavy atom. The molecule has 90 valence electrons. The van der Waals surface area contributed by atoms with Gasteiger partial charge < -0.3 is 4.57 Å². The Kier molecular flexibility index (Phi) is 2.55. The number of rotatable bonds is 1. The summed E-state index contributed by atoms with van der Waals surface area (Å²) in [6.45, 7) is 3.06. The molecule has 1 heteroatoms. The molecular formula is C18H13N. The molecule has 0 bridgehead atoms. The Balaban J connectivity index is 2.53. The van der Waals surface area contributed by atoms with Crippen LogP contribution in [-0.2, 0) is 6.54 Å². The topological polar surface area (TPSA) is 4.93 Å².